The van der Waals surface area contributed by atoms with Gasteiger partial charge in [-0.2, -0.15) is 0 Å². The Bertz CT molecular complexity index is 1370. The molecular weight excluding hydrogens is 486 g/mol. The van der Waals surface area contributed by atoms with Gasteiger partial charge in [-0.15, -0.1) is 0 Å². The summed E-state index contributed by atoms with van der Waals surface area (Å²) in [6.07, 6.45) is 3.64. The van der Waals surface area contributed by atoms with Crippen LogP contribution >= 0.6 is 11.6 Å². The summed E-state index contributed by atoms with van der Waals surface area (Å²) in [5.41, 5.74) is 3.26. The number of rotatable bonds is 3. The van der Waals surface area contributed by atoms with Crippen molar-refractivity contribution in [3.05, 3.63) is 88.9 Å². The molecule has 3 amide bonds. The maximum Gasteiger partial charge on any atom is 0.256 e. The highest BCUT2D eigenvalue weighted by molar-refractivity contribution is 6.30. The Morgan fingerprint density at radius 2 is 1.59 bits per heavy atom. The quantitative estimate of drug-likeness (QED) is 0.528. The Morgan fingerprint density at radius 3 is 2.32 bits per heavy atom. The third-order valence-corrected chi connectivity index (χ3v) is 8.36. The number of halogens is 1. The molecule has 1 unspecified atom stereocenters. The van der Waals surface area contributed by atoms with E-state index in [0.717, 1.165) is 42.4 Å². The van der Waals surface area contributed by atoms with Crippen LogP contribution in [-0.4, -0.2) is 53.2 Å². The number of carbonyl (C=O) groups is 3. The van der Waals surface area contributed by atoms with Crippen molar-refractivity contribution in [3.8, 4) is 11.1 Å². The molecule has 3 aromatic rings. The maximum absolute atomic E-state index is 14.0. The third-order valence-electron chi connectivity index (χ3n) is 8.11. The van der Waals surface area contributed by atoms with Crippen LogP contribution in [0.1, 0.15) is 41.6 Å². The first-order valence-electron chi connectivity index (χ1n) is 12.8. The van der Waals surface area contributed by atoms with Gasteiger partial charge in [0.2, 0.25) is 11.8 Å². The Hall–Kier alpha value is -3.64. The molecule has 2 heterocycles. The van der Waals surface area contributed by atoms with Crippen LogP contribution in [-0.2, 0) is 15.0 Å². The summed E-state index contributed by atoms with van der Waals surface area (Å²) in [5, 5.41) is 3.59. The predicted octanol–water partition coefficient (Wildman–Crippen LogP) is 5.12. The van der Waals surface area contributed by atoms with Crippen LogP contribution < -0.4 is 5.32 Å². The number of nitrogens with one attached hydrogen (secondary N) is 1. The van der Waals surface area contributed by atoms with Crippen molar-refractivity contribution in [2.45, 2.75) is 37.1 Å². The maximum atomic E-state index is 14.0. The van der Waals surface area contributed by atoms with E-state index < -0.39 is 11.5 Å². The monoisotopic (exact) mass is 513 g/mol. The SMILES string of the molecule is O=C1Nc2ccc(-c3ccc(Cl)cc3)cc2C(=O)N2CCN(C(=O)C3(c4ccccc4)CCCC3)CC12. The van der Waals surface area contributed by atoms with Crippen molar-refractivity contribution in [1.29, 1.82) is 0 Å². The fraction of sp³-hybridized carbons (Fsp3) is 0.300. The van der Waals surface area contributed by atoms with Crippen molar-refractivity contribution in [2.24, 2.45) is 0 Å². The van der Waals surface area contributed by atoms with E-state index in [1.54, 1.807) is 11.0 Å². The molecule has 1 saturated carbocycles. The standard InChI is InChI=1S/C30H28ClN3O3/c31-23-11-8-20(9-12-23)21-10-13-25-24(18-21)28(36)34-17-16-33(19-26(34)27(35)32-25)29(37)30(14-4-5-15-30)22-6-2-1-3-7-22/h1-3,6-13,18,26H,4-5,14-17,19H2,(H,32,35). The largest absolute Gasteiger partial charge is 0.338 e. The molecule has 188 valence electrons. The van der Waals surface area contributed by atoms with Gasteiger partial charge in [-0.05, 0) is 53.8 Å². The molecule has 0 radical (unpaired) electrons. The second-order valence-corrected chi connectivity index (χ2v) is 10.6. The van der Waals surface area contributed by atoms with E-state index in [0.29, 0.717) is 29.4 Å². The van der Waals surface area contributed by atoms with Gasteiger partial charge in [0.25, 0.3) is 5.91 Å². The van der Waals surface area contributed by atoms with E-state index in [1.165, 1.54) is 0 Å². The molecule has 6 nitrogen and oxygen atoms in total. The second-order valence-electron chi connectivity index (χ2n) is 10.2. The Balaban J connectivity index is 1.28. The van der Waals surface area contributed by atoms with Crippen LogP contribution in [0.25, 0.3) is 11.1 Å². The number of hydrogen-bond acceptors (Lipinski definition) is 3. The lowest BCUT2D eigenvalue weighted by atomic mass is 9.77. The van der Waals surface area contributed by atoms with Gasteiger partial charge >= 0.3 is 0 Å². The lowest BCUT2D eigenvalue weighted by Gasteiger charge is -2.43. The minimum absolute atomic E-state index is 0.0721. The first-order chi connectivity index (χ1) is 18.0. The number of piperazine rings is 1. The van der Waals surface area contributed by atoms with Crippen molar-refractivity contribution < 1.29 is 14.4 Å². The smallest absolute Gasteiger partial charge is 0.256 e. The van der Waals surface area contributed by atoms with Gasteiger partial charge in [0.15, 0.2) is 0 Å². The molecular formula is C30H28ClN3O3. The Kier molecular flexibility index (Phi) is 6.00. The van der Waals surface area contributed by atoms with Gasteiger partial charge in [0.05, 0.1) is 23.2 Å². The number of amides is 3. The van der Waals surface area contributed by atoms with Gasteiger partial charge in [0, 0.05) is 18.1 Å². The van der Waals surface area contributed by atoms with Gasteiger partial charge in [-0.25, -0.2) is 0 Å². The fourth-order valence-corrected chi connectivity index (χ4v) is 6.25. The number of anilines is 1. The van der Waals surface area contributed by atoms with Crippen LogP contribution in [0.3, 0.4) is 0 Å². The lowest BCUT2D eigenvalue weighted by Crippen LogP contribution is -2.61. The highest BCUT2D eigenvalue weighted by Gasteiger charge is 2.48. The van der Waals surface area contributed by atoms with Crippen LogP contribution in [0.4, 0.5) is 5.69 Å². The number of hydrogen-bond donors (Lipinski definition) is 1. The minimum Gasteiger partial charge on any atom is -0.338 e. The van der Waals surface area contributed by atoms with Crippen molar-refractivity contribution in [2.75, 3.05) is 25.0 Å². The highest BCUT2D eigenvalue weighted by atomic mass is 35.5. The summed E-state index contributed by atoms with van der Waals surface area (Å²) in [5.74, 6) is -0.383. The van der Waals surface area contributed by atoms with Gasteiger partial charge in [0.1, 0.15) is 6.04 Å². The molecule has 2 fully saturated rings. The number of nitrogens with zero attached hydrogens (tertiary/aromatic N) is 2. The molecule has 1 aliphatic carbocycles. The average Bonchev–Trinajstić information content (AvgIpc) is 3.41. The minimum atomic E-state index is -0.731. The predicted molar refractivity (Wildman–Crippen MR) is 144 cm³/mol. The van der Waals surface area contributed by atoms with E-state index in [9.17, 15) is 14.4 Å². The summed E-state index contributed by atoms with van der Waals surface area (Å²) in [6.45, 7) is 0.927. The molecule has 1 atom stereocenters. The second kappa shape index (κ2) is 9.34. The Morgan fingerprint density at radius 1 is 0.892 bits per heavy atom. The molecule has 7 heteroatoms. The van der Waals surface area contributed by atoms with E-state index >= 15 is 0 Å². The zero-order chi connectivity index (χ0) is 25.6. The zero-order valence-corrected chi connectivity index (χ0v) is 21.2. The van der Waals surface area contributed by atoms with Crippen molar-refractivity contribution >= 4 is 35.0 Å². The molecule has 1 N–H and O–H groups in total. The summed E-state index contributed by atoms with van der Waals surface area (Å²) in [6, 6.07) is 22.2. The zero-order valence-electron chi connectivity index (χ0n) is 20.5. The molecule has 2 aliphatic heterocycles. The van der Waals surface area contributed by atoms with Gasteiger partial charge in [-0.1, -0.05) is 73.0 Å². The van der Waals surface area contributed by atoms with Crippen LogP contribution in [0.15, 0.2) is 72.8 Å². The average molecular weight is 514 g/mol. The molecule has 37 heavy (non-hydrogen) atoms. The highest BCUT2D eigenvalue weighted by Crippen LogP contribution is 2.43. The topological polar surface area (TPSA) is 69.7 Å². The molecule has 0 aromatic heterocycles. The molecule has 0 bridgehead atoms. The van der Waals surface area contributed by atoms with Crippen LogP contribution in [0, 0.1) is 0 Å². The molecule has 3 aliphatic rings. The first-order valence-corrected chi connectivity index (χ1v) is 13.2. The summed E-state index contributed by atoms with van der Waals surface area (Å²) in [7, 11) is 0. The van der Waals surface area contributed by atoms with E-state index in [4.69, 9.17) is 11.6 Å². The molecule has 0 spiro atoms. The van der Waals surface area contributed by atoms with Crippen LogP contribution in [0.5, 0.6) is 0 Å². The number of benzene rings is 3. The number of carbonyl (C=O) groups excluding carboxylic acids is 3. The lowest BCUT2D eigenvalue weighted by molar-refractivity contribution is -0.141. The van der Waals surface area contributed by atoms with Gasteiger partial charge < -0.3 is 15.1 Å². The van der Waals surface area contributed by atoms with E-state index in [2.05, 4.69) is 5.32 Å². The fourth-order valence-electron chi connectivity index (χ4n) is 6.12. The normalized spacial score (nSPS) is 20.6. The molecule has 6 rings (SSSR count). The van der Waals surface area contributed by atoms with Crippen LogP contribution in [0.2, 0.25) is 5.02 Å². The van der Waals surface area contributed by atoms with Gasteiger partial charge in [-0.3, -0.25) is 14.4 Å². The van der Waals surface area contributed by atoms with E-state index in [-0.39, 0.29) is 24.3 Å². The Labute approximate surface area is 221 Å². The first kappa shape index (κ1) is 23.7. The summed E-state index contributed by atoms with van der Waals surface area (Å²) in [4.78, 5) is 44.4. The van der Waals surface area contributed by atoms with Crippen molar-refractivity contribution in [3.63, 3.8) is 0 Å². The van der Waals surface area contributed by atoms with E-state index in [1.807, 2.05) is 71.6 Å². The summed E-state index contributed by atoms with van der Waals surface area (Å²) >= 11 is 6.03. The summed E-state index contributed by atoms with van der Waals surface area (Å²) < 4.78 is 0. The number of fused-ring (bicyclic) bond motifs is 2. The third kappa shape index (κ3) is 4.09. The molecule has 3 aromatic carbocycles. The molecule has 1 saturated heterocycles. The van der Waals surface area contributed by atoms with Crippen molar-refractivity contribution in [1.82, 2.24) is 9.80 Å².